The van der Waals surface area contributed by atoms with Gasteiger partial charge in [0.2, 0.25) is 0 Å². The molecule has 3 aliphatic rings. The first-order valence-corrected chi connectivity index (χ1v) is 17.8. The summed E-state index contributed by atoms with van der Waals surface area (Å²) >= 11 is 6.33. The van der Waals surface area contributed by atoms with Crippen molar-refractivity contribution in [2.45, 2.75) is 76.0 Å². The van der Waals surface area contributed by atoms with Gasteiger partial charge in [-0.15, -0.1) is 0 Å². The van der Waals surface area contributed by atoms with Crippen LogP contribution in [0.3, 0.4) is 0 Å². The summed E-state index contributed by atoms with van der Waals surface area (Å²) in [6, 6.07) is 10.3. The van der Waals surface area contributed by atoms with E-state index >= 15 is 0 Å². The minimum absolute atomic E-state index is 0.0388. The molecule has 1 aliphatic carbocycles. The van der Waals surface area contributed by atoms with Crippen molar-refractivity contribution >= 4 is 39.3 Å². The largest absolute Gasteiger partial charge is 0.487 e. The zero-order chi connectivity index (χ0) is 33.1. The van der Waals surface area contributed by atoms with E-state index in [4.69, 9.17) is 25.8 Å². The van der Waals surface area contributed by atoms with E-state index < -0.39 is 27.6 Å². The van der Waals surface area contributed by atoms with Crippen LogP contribution in [0.25, 0.3) is 0 Å². The van der Waals surface area contributed by atoms with E-state index in [0.717, 1.165) is 43.2 Å². The number of aryl methyl sites for hydroxylation is 1. The summed E-state index contributed by atoms with van der Waals surface area (Å²) in [5, 5.41) is 0.678. The Morgan fingerprint density at radius 2 is 1.96 bits per heavy atom. The normalized spacial score (nSPS) is 25.2. The summed E-state index contributed by atoms with van der Waals surface area (Å²) in [5.41, 5.74) is 1.36. The standard InChI is InChI=1S/C34H44ClN3O7S/c1-5-43-33(40)37(4)29-10-8-18-45-34(2,3)32(39)36-46(41,42)27-14-16-31-30(20-27)38(21-24-12-15-28(24)29)17-7-6-9-23-19-26(35)13-11-25(23)22-44-31/h8,10-11,13-14,16,19-20,24,28-29H,5-7,9,12,15,17-18,21-22H2,1-4H3,(H,36,39)/b10-8+/t24-,28+,29+/m0/s1. The molecule has 0 spiro atoms. The van der Waals surface area contributed by atoms with E-state index in [1.807, 2.05) is 24.3 Å². The predicted molar refractivity (Wildman–Crippen MR) is 177 cm³/mol. The molecular formula is C34H44ClN3O7S. The van der Waals surface area contributed by atoms with Gasteiger partial charge in [0.25, 0.3) is 15.9 Å². The minimum atomic E-state index is -4.23. The third-order valence-corrected chi connectivity index (χ3v) is 10.8. The van der Waals surface area contributed by atoms with Crippen LogP contribution < -0.4 is 14.4 Å². The number of fused-ring (bicyclic) bond motifs is 3. The second-order valence-corrected chi connectivity index (χ2v) is 14.8. The molecule has 0 unspecified atom stereocenters. The SMILES string of the molecule is CCOC(=O)N(C)[C@@H]1/C=C/COC(C)(C)C(=O)NS(=O)(=O)c2ccc3c(c2)N(CCCCc2cc(Cl)ccc2CO3)C[C@@H]2CC[C@H]21. The van der Waals surface area contributed by atoms with Crippen molar-refractivity contribution in [2.24, 2.45) is 11.8 Å². The lowest BCUT2D eigenvalue weighted by Crippen LogP contribution is -2.50. The zero-order valence-electron chi connectivity index (χ0n) is 27.0. The maximum Gasteiger partial charge on any atom is 0.409 e. The van der Waals surface area contributed by atoms with Crippen molar-refractivity contribution < 1.29 is 32.2 Å². The third-order valence-electron chi connectivity index (χ3n) is 9.28. The Balaban J connectivity index is 1.57. The van der Waals surface area contributed by atoms with E-state index in [0.29, 0.717) is 36.2 Å². The number of amides is 2. The number of nitrogens with one attached hydrogen (secondary N) is 1. The van der Waals surface area contributed by atoms with Crippen LogP contribution in [0, 0.1) is 11.8 Å². The van der Waals surface area contributed by atoms with E-state index in [-0.39, 0.29) is 36.0 Å². The number of benzene rings is 2. The van der Waals surface area contributed by atoms with Gasteiger partial charge in [0.05, 0.1) is 29.8 Å². The molecule has 10 nitrogen and oxygen atoms in total. The highest BCUT2D eigenvalue weighted by atomic mass is 35.5. The average Bonchev–Trinajstić information content (AvgIpc) is 3.02. The van der Waals surface area contributed by atoms with Crippen molar-refractivity contribution in [1.29, 1.82) is 0 Å². The number of ether oxygens (including phenoxy) is 3. The molecule has 1 N–H and O–H groups in total. The van der Waals surface area contributed by atoms with Crippen LogP contribution in [0.1, 0.15) is 57.6 Å². The van der Waals surface area contributed by atoms with Gasteiger partial charge in [0.1, 0.15) is 18.0 Å². The number of carbonyl (C=O) groups excluding carboxylic acids is 2. The summed E-state index contributed by atoms with van der Waals surface area (Å²) in [6.07, 6.45) is 7.81. The number of anilines is 1. The van der Waals surface area contributed by atoms with Crippen LogP contribution in [0.4, 0.5) is 10.5 Å². The van der Waals surface area contributed by atoms with Crippen LogP contribution in [0.15, 0.2) is 53.4 Å². The van der Waals surface area contributed by atoms with Gasteiger partial charge in [0.15, 0.2) is 0 Å². The molecular weight excluding hydrogens is 630 g/mol. The van der Waals surface area contributed by atoms with Crippen molar-refractivity contribution in [3.63, 3.8) is 0 Å². The van der Waals surface area contributed by atoms with Crippen molar-refractivity contribution in [3.05, 3.63) is 64.7 Å². The second-order valence-electron chi connectivity index (χ2n) is 12.7. The number of sulfonamides is 1. The Bertz CT molecular complexity index is 1580. The first-order valence-electron chi connectivity index (χ1n) is 16.0. The van der Waals surface area contributed by atoms with Crippen LogP contribution >= 0.6 is 11.6 Å². The first kappa shape index (κ1) is 34.1. The van der Waals surface area contributed by atoms with Gasteiger partial charge in [-0.05, 0) is 106 Å². The number of likely N-dealkylation sites (N-methyl/N-ethyl adjacent to an activating group) is 1. The Kier molecular flexibility index (Phi) is 10.5. The molecule has 2 aromatic carbocycles. The van der Waals surface area contributed by atoms with Crippen molar-refractivity contribution in [3.8, 4) is 5.75 Å². The molecule has 1 fully saturated rings. The molecule has 2 amide bonds. The number of hydrogen-bond donors (Lipinski definition) is 1. The first-order chi connectivity index (χ1) is 21.9. The molecule has 2 aliphatic heterocycles. The van der Waals surface area contributed by atoms with Gasteiger partial charge in [0, 0.05) is 25.2 Å². The highest BCUT2D eigenvalue weighted by molar-refractivity contribution is 7.90. The third kappa shape index (κ3) is 7.64. The van der Waals surface area contributed by atoms with Crippen molar-refractivity contribution in [1.82, 2.24) is 9.62 Å². The molecule has 2 bridgehead atoms. The van der Waals surface area contributed by atoms with E-state index in [2.05, 4.69) is 9.62 Å². The van der Waals surface area contributed by atoms with Crippen LogP contribution in [-0.2, 0) is 37.3 Å². The number of hydrogen-bond acceptors (Lipinski definition) is 8. The summed E-state index contributed by atoms with van der Waals surface area (Å²) in [4.78, 5) is 29.9. The smallest absolute Gasteiger partial charge is 0.409 e. The Morgan fingerprint density at radius 3 is 2.70 bits per heavy atom. The fraction of sp³-hybridized carbons (Fsp3) is 0.529. The van der Waals surface area contributed by atoms with Gasteiger partial charge < -0.3 is 24.0 Å². The highest BCUT2D eigenvalue weighted by Gasteiger charge is 2.41. The van der Waals surface area contributed by atoms with Crippen LogP contribution in [0.2, 0.25) is 5.02 Å². The molecule has 250 valence electrons. The minimum Gasteiger partial charge on any atom is -0.487 e. The molecule has 46 heavy (non-hydrogen) atoms. The molecule has 0 aromatic heterocycles. The van der Waals surface area contributed by atoms with E-state index in [9.17, 15) is 18.0 Å². The lowest BCUT2D eigenvalue weighted by Gasteiger charge is -2.46. The van der Waals surface area contributed by atoms with Crippen LogP contribution in [-0.4, -0.2) is 70.3 Å². The summed E-state index contributed by atoms with van der Waals surface area (Å²) in [7, 11) is -2.48. The predicted octanol–water partition coefficient (Wildman–Crippen LogP) is 5.71. The maximum atomic E-state index is 13.5. The van der Waals surface area contributed by atoms with E-state index in [1.54, 1.807) is 37.1 Å². The Labute approximate surface area is 277 Å². The van der Waals surface area contributed by atoms with Crippen molar-refractivity contribution in [2.75, 3.05) is 38.3 Å². The monoisotopic (exact) mass is 673 g/mol. The Morgan fingerprint density at radius 1 is 1.15 bits per heavy atom. The maximum absolute atomic E-state index is 13.5. The molecule has 2 aromatic rings. The van der Waals surface area contributed by atoms with E-state index in [1.165, 1.54) is 19.9 Å². The number of carbonyl (C=O) groups is 2. The van der Waals surface area contributed by atoms with Gasteiger partial charge in [-0.3, -0.25) is 4.79 Å². The molecule has 0 saturated heterocycles. The van der Waals surface area contributed by atoms with Crippen LogP contribution in [0.5, 0.6) is 5.75 Å². The lowest BCUT2D eigenvalue weighted by molar-refractivity contribution is -0.139. The molecule has 0 radical (unpaired) electrons. The number of halogens is 1. The average molecular weight is 674 g/mol. The molecule has 12 heteroatoms. The van der Waals surface area contributed by atoms with Gasteiger partial charge in [-0.1, -0.05) is 29.8 Å². The quantitative estimate of drug-likeness (QED) is 0.403. The van der Waals surface area contributed by atoms with Gasteiger partial charge in [-0.25, -0.2) is 17.9 Å². The topological polar surface area (TPSA) is 114 Å². The molecule has 2 heterocycles. The van der Waals surface area contributed by atoms with Gasteiger partial charge >= 0.3 is 6.09 Å². The summed E-state index contributed by atoms with van der Waals surface area (Å²) in [6.45, 7) is 6.76. The molecule has 1 saturated carbocycles. The number of nitrogens with zero attached hydrogens (tertiary/aromatic N) is 2. The highest BCUT2D eigenvalue weighted by Crippen LogP contribution is 2.42. The van der Waals surface area contributed by atoms with Gasteiger partial charge in [-0.2, -0.15) is 0 Å². The lowest BCUT2D eigenvalue weighted by atomic mass is 9.68. The second kappa shape index (κ2) is 14.2. The molecule has 5 rings (SSSR count). The zero-order valence-corrected chi connectivity index (χ0v) is 28.5. The Hall–Kier alpha value is -3.28. The number of rotatable bonds is 2. The summed E-state index contributed by atoms with van der Waals surface area (Å²) < 4.78 is 46.9. The summed E-state index contributed by atoms with van der Waals surface area (Å²) in [5.74, 6) is 0.113. The fourth-order valence-electron chi connectivity index (χ4n) is 6.37. The molecule has 3 atom stereocenters. The fourth-order valence-corrected chi connectivity index (χ4v) is 7.68.